The van der Waals surface area contributed by atoms with Gasteiger partial charge in [-0.05, 0) is 51.0 Å². The summed E-state index contributed by atoms with van der Waals surface area (Å²) in [4.78, 5) is 4.71. The van der Waals surface area contributed by atoms with Crippen LogP contribution in [-0.2, 0) is 17.9 Å². The van der Waals surface area contributed by atoms with Gasteiger partial charge in [-0.25, -0.2) is 4.99 Å². The van der Waals surface area contributed by atoms with Crippen LogP contribution in [0.2, 0.25) is 0 Å². The number of nitrogens with one attached hydrogen (secondary N) is 2. The van der Waals surface area contributed by atoms with Gasteiger partial charge in [0.05, 0.1) is 33.0 Å². The monoisotopic (exact) mass is 527 g/mol. The second-order valence-electron chi connectivity index (χ2n) is 7.61. The summed E-state index contributed by atoms with van der Waals surface area (Å²) in [5, 5.41) is 6.58. The van der Waals surface area contributed by atoms with Crippen LogP contribution < -0.4 is 20.1 Å². The fourth-order valence-corrected chi connectivity index (χ4v) is 2.65. The number of rotatable bonds is 8. The summed E-state index contributed by atoms with van der Waals surface area (Å²) in [5.41, 5.74) is 2.99. The van der Waals surface area contributed by atoms with Gasteiger partial charge in [-0.3, -0.25) is 0 Å². The molecule has 0 heterocycles. The lowest BCUT2D eigenvalue weighted by atomic mass is 10.1. The maximum absolute atomic E-state index is 5.87. The maximum atomic E-state index is 5.87. The zero-order valence-corrected chi connectivity index (χ0v) is 21.1. The molecule has 2 aromatic rings. The third kappa shape index (κ3) is 8.79. The minimum absolute atomic E-state index is 0. The average molecular weight is 527 g/mol. The van der Waals surface area contributed by atoms with E-state index in [-0.39, 0.29) is 29.6 Å². The smallest absolute Gasteiger partial charge is 0.196 e. The van der Waals surface area contributed by atoms with E-state index in [1.54, 1.807) is 14.2 Å². The molecule has 0 atom stereocenters. The van der Waals surface area contributed by atoms with Crippen molar-refractivity contribution in [2.75, 3.05) is 26.1 Å². The molecule has 2 rings (SSSR count). The van der Waals surface area contributed by atoms with Gasteiger partial charge in [0.1, 0.15) is 0 Å². The average Bonchev–Trinajstić information content (AvgIpc) is 2.70. The van der Waals surface area contributed by atoms with Crippen molar-refractivity contribution in [3.63, 3.8) is 0 Å². The number of hydrogen-bond acceptors (Lipinski definition) is 4. The molecule has 0 saturated heterocycles. The van der Waals surface area contributed by atoms with Gasteiger partial charge in [0, 0.05) is 18.3 Å². The molecule has 0 saturated carbocycles. The molecule has 2 aromatic carbocycles. The molecule has 30 heavy (non-hydrogen) atoms. The van der Waals surface area contributed by atoms with E-state index in [0.29, 0.717) is 30.6 Å². The minimum atomic E-state index is -0.157. The molecule has 0 aliphatic carbocycles. The molecule has 2 N–H and O–H groups in total. The van der Waals surface area contributed by atoms with E-state index in [1.807, 2.05) is 31.2 Å². The van der Waals surface area contributed by atoms with Crippen LogP contribution >= 0.6 is 24.0 Å². The van der Waals surface area contributed by atoms with Gasteiger partial charge in [0.25, 0.3) is 0 Å². The molecule has 166 valence electrons. The van der Waals surface area contributed by atoms with Crippen LogP contribution in [0.5, 0.6) is 11.5 Å². The summed E-state index contributed by atoms with van der Waals surface area (Å²) in [6.07, 6.45) is 0. The van der Waals surface area contributed by atoms with Gasteiger partial charge in [-0.1, -0.05) is 24.3 Å². The summed E-state index contributed by atoms with van der Waals surface area (Å²) >= 11 is 0. The molecule has 0 aromatic heterocycles. The van der Waals surface area contributed by atoms with Crippen molar-refractivity contribution in [1.29, 1.82) is 0 Å². The largest absolute Gasteiger partial charge is 0.493 e. The van der Waals surface area contributed by atoms with Crippen LogP contribution in [0.1, 0.15) is 38.8 Å². The standard InChI is InChI=1S/C23H33N3O3.HI/c1-7-24-22(26-19-11-12-20(27-5)21(14-19)28-6)25-15-17-9-8-10-18(13-17)16-29-23(2,3)4;/h8-14H,7,15-16H2,1-6H3,(H2,24,25,26);1H. The molecule has 0 aliphatic heterocycles. The molecular weight excluding hydrogens is 493 g/mol. The number of halogens is 1. The maximum Gasteiger partial charge on any atom is 0.196 e. The number of methoxy groups -OCH3 is 2. The SMILES string of the molecule is CCNC(=NCc1cccc(COC(C)(C)C)c1)Nc1ccc(OC)c(OC)c1.I. The Morgan fingerprint density at radius 3 is 2.30 bits per heavy atom. The van der Waals surface area contributed by atoms with E-state index in [4.69, 9.17) is 19.2 Å². The predicted molar refractivity (Wildman–Crippen MR) is 134 cm³/mol. The lowest BCUT2D eigenvalue weighted by Gasteiger charge is -2.19. The fourth-order valence-electron chi connectivity index (χ4n) is 2.65. The summed E-state index contributed by atoms with van der Waals surface area (Å²) < 4.78 is 16.5. The van der Waals surface area contributed by atoms with Gasteiger partial charge >= 0.3 is 0 Å². The Labute approximate surface area is 197 Å². The molecule has 0 aliphatic rings. The summed E-state index contributed by atoms with van der Waals surface area (Å²) in [5.74, 6) is 2.06. The highest BCUT2D eigenvalue weighted by Gasteiger charge is 2.10. The van der Waals surface area contributed by atoms with Crippen LogP contribution in [0.3, 0.4) is 0 Å². The highest BCUT2D eigenvalue weighted by molar-refractivity contribution is 14.0. The van der Waals surface area contributed by atoms with Crippen LogP contribution in [0, 0.1) is 0 Å². The molecule has 0 bridgehead atoms. The summed E-state index contributed by atoms with van der Waals surface area (Å²) in [6, 6.07) is 14.0. The normalized spacial score (nSPS) is 11.5. The van der Waals surface area contributed by atoms with E-state index in [9.17, 15) is 0 Å². The molecule has 6 nitrogen and oxygen atoms in total. The van der Waals surface area contributed by atoms with Crippen molar-refractivity contribution in [3.05, 3.63) is 53.6 Å². The van der Waals surface area contributed by atoms with E-state index in [2.05, 4.69) is 49.6 Å². The van der Waals surface area contributed by atoms with Gasteiger partial charge < -0.3 is 24.8 Å². The fraction of sp³-hybridized carbons (Fsp3) is 0.435. The van der Waals surface area contributed by atoms with Crippen LogP contribution in [0.15, 0.2) is 47.5 Å². The number of ether oxygens (including phenoxy) is 3. The Bertz CT molecular complexity index is 820. The first-order valence-electron chi connectivity index (χ1n) is 9.83. The molecule has 0 amide bonds. The van der Waals surface area contributed by atoms with E-state index in [0.717, 1.165) is 23.4 Å². The topological polar surface area (TPSA) is 64.1 Å². The summed E-state index contributed by atoms with van der Waals surface area (Å²) in [6.45, 7) is 10.1. The van der Waals surface area contributed by atoms with Crippen molar-refractivity contribution in [2.45, 2.75) is 46.4 Å². The van der Waals surface area contributed by atoms with E-state index < -0.39 is 0 Å². The Morgan fingerprint density at radius 2 is 1.67 bits per heavy atom. The Kier molecular flexibility index (Phi) is 11.0. The van der Waals surface area contributed by atoms with Crippen molar-refractivity contribution in [2.24, 2.45) is 4.99 Å². The van der Waals surface area contributed by atoms with Gasteiger partial charge in [-0.15, -0.1) is 24.0 Å². The van der Waals surface area contributed by atoms with Crippen molar-refractivity contribution in [3.8, 4) is 11.5 Å². The molecule has 7 heteroatoms. The molecule has 0 radical (unpaired) electrons. The van der Waals surface area contributed by atoms with Gasteiger partial charge in [-0.2, -0.15) is 0 Å². The number of aliphatic imine (C=N–C) groups is 1. The van der Waals surface area contributed by atoms with Gasteiger partial charge in [0.15, 0.2) is 17.5 Å². The van der Waals surface area contributed by atoms with Crippen molar-refractivity contribution < 1.29 is 14.2 Å². The number of hydrogen-bond donors (Lipinski definition) is 2. The molecular formula is C23H34IN3O3. The zero-order valence-electron chi connectivity index (χ0n) is 18.7. The second kappa shape index (κ2) is 12.6. The minimum Gasteiger partial charge on any atom is -0.493 e. The first kappa shape index (κ1) is 26.0. The Hall–Kier alpha value is -2.00. The third-order valence-electron chi connectivity index (χ3n) is 4.07. The Morgan fingerprint density at radius 1 is 0.967 bits per heavy atom. The lowest BCUT2D eigenvalue weighted by molar-refractivity contribution is -0.0149. The summed E-state index contributed by atoms with van der Waals surface area (Å²) in [7, 11) is 3.24. The number of anilines is 1. The first-order chi connectivity index (χ1) is 13.8. The molecule has 0 spiro atoms. The van der Waals surface area contributed by atoms with Crippen LogP contribution in [0.4, 0.5) is 5.69 Å². The number of nitrogens with zero attached hydrogens (tertiary/aromatic N) is 1. The highest BCUT2D eigenvalue weighted by atomic mass is 127. The quantitative estimate of drug-likeness (QED) is 0.280. The zero-order chi connectivity index (χ0) is 21.3. The number of guanidine groups is 1. The van der Waals surface area contributed by atoms with Crippen molar-refractivity contribution in [1.82, 2.24) is 5.32 Å². The third-order valence-corrected chi connectivity index (χ3v) is 4.07. The molecule has 0 fully saturated rings. The van der Waals surface area contributed by atoms with Crippen molar-refractivity contribution >= 4 is 35.6 Å². The lowest BCUT2D eigenvalue weighted by Crippen LogP contribution is -2.30. The second-order valence-corrected chi connectivity index (χ2v) is 7.61. The molecule has 0 unspecified atom stereocenters. The van der Waals surface area contributed by atoms with E-state index >= 15 is 0 Å². The Balaban J connectivity index is 0.00000450. The van der Waals surface area contributed by atoms with E-state index in [1.165, 1.54) is 0 Å². The first-order valence-corrected chi connectivity index (χ1v) is 9.83. The highest BCUT2D eigenvalue weighted by Crippen LogP contribution is 2.29. The number of benzene rings is 2. The predicted octanol–water partition coefficient (Wildman–Crippen LogP) is 5.21. The van der Waals surface area contributed by atoms with Crippen LogP contribution in [0.25, 0.3) is 0 Å². The van der Waals surface area contributed by atoms with Crippen LogP contribution in [-0.4, -0.2) is 32.3 Å². The van der Waals surface area contributed by atoms with Gasteiger partial charge in [0.2, 0.25) is 0 Å².